The van der Waals surface area contributed by atoms with Gasteiger partial charge >= 0.3 is 5.00 Å². The maximum atomic E-state index is 13.1. The second kappa shape index (κ2) is 3.97. The van der Waals surface area contributed by atoms with E-state index >= 15 is 0 Å². The van der Waals surface area contributed by atoms with Crippen LogP contribution in [0.1, 0.15) is 11.3 Å². The lowest BCUT2D eigenvalue weighted by Crippen LogP contribution is -2.13. The van der Waals surface area contributed by atoms with Crippen molar-refractivity contribution >= 4 is 16.3 Å². The first-order valence-electron chi connectivity index (χ1n) is 3.71. The Bertz CT molecular complexity index is 339. The van der Waals surface area contributed by atoms with Crippen LogP contribution in [0.4, 0.5) is 13.8 Å². The molecule has 1 aromatic rings. The van der Waals surface area contributed by atoms with Gasteiger partial charge in [0.05, 0.1) is 9.80 Å². The van der Waals surface area contributed by atoms with Crippen molar-refractivity contribution in [1.29, 1.82) is 0 Å². The fraction of sp³-hybridized carbons (Fsp3) is 0.429. The van der Waals surface area contributed by atoms with Gasteiger partial charge in [-0.05, 0) is 6.07 Å². The van der Waals surface area contributed by atoms with Crippen LogP contribution in [0.15, 0.2) is 12.1 Å². The summed E-state index contributed by atoms with van der Waals surface area (Å²) in [7, 11) is 0. The molecule has 0 fully saturated rings. The number of aliphatic hydroxyl groups is 1. The Morgan fingerprint density at radius 1 is 1.57 bits per heavy atom. The SMILES string of the molecule is O=[N+]([O-])c1ccc(C(F)(F)CCO)s1. The van der Waals surface area contributed by atoms with E-state index in [0.29, 0.717) is 11.3 Å². The Hall–Kier alpha value is -1.08. The van der Waals surface area contributed by atoms with Crippen LogP contribution in [-0.2, 0) is 5.92 Å². The van der Waals surface area contributed by atoms with Crippen molar-refractivity contribution in [3.8, 4) is 0 Å². The zero-order chi connectivity index (χ0) is 10.8. The smallest absolute Gasteiger partial charge is 0.324 e. The zero-order valence-corrected chi connectivity index (χ0v) is 7.76. The molecule has 0 radical (unpaired) electrons. The van der Waals surface area contributed by atoms with Gasteiger partial charge in [-0.15, -0.1) is 0 Å². The van der Waals surface area contributed by atoms with Crippen molar-refractivity contribution in [2.75, 3.05) is 6.61 Å². The molecule has 0 spiro atoms. The number of nitrogens with zero attached hydrogens (tertiary/aromatic N) is 1. The highest BCUT2D eigenvalue weighted by Gasteiger charge is 2.33. The van der Waals surface area contributed by atoms with E-state index in [9.17, 15) is 18.9 Å². The molecule has 1 rings (SSSR count). The Morgan fingerprint density at radius 3 is 2.64 bits per heavy atom. The van der Waals surface area contributed by atoms with Crippen LogP contribution in [0.2, 0.25) is 0 Å². The monoisotopic (exact) mass is 223 g/mol. The number of rotatable bonds is 4. The molecule has 1 aromatic heterocycles. The minimum Gasteiger partial charge on any atom is -0.396 e. The molecule has 0 aliphatic carbocycles. The maximum absolute atomic E-state index is 13.1. The lowest BCUT2D eigenvalue weighted by molar-refractivity contribution is -0.380. The number of halogens is 2. The molecular formula is C7H7F2NO3S. The number of alkyl halides is 2. The van der Waals surface area contributed by atoms with Gasteiger partial charge in [-0.3, -0.25) is 10.1 Å². The fourth-order valence-corrected chi connectivity index (χ4v) is 1.71. The van der Waals surface area contributed by atoms with E-state index in [0.717, 1.165) is 12.1 Å². The summed E-state index contributed by atoms with van der Waals surface area (Å²) in [6, 6.07) is 2.05. The van der Waals surface area contributed by atoms with Crippen molar-refractivity contribution in [3.63, 3.8) is 0 Å². The highest BCUT2D eigenvalue weighted by Crippen LogP contribution is 2.38. The van der Waals surface area contributed by atoms with Crippen molar-refractivity contribution in [1.82, 2.24) is 0 Å². The van der Waals surface area contributed by atoms with E-state index in [1.54, 1.807) is 0 Å². The minimum absolute atomic E-state index is 0.322. The molecule has 1 N–H and O–H groups in total. The number of thiophene rings is 1. The molecule has 0 aliphatic rings. The van der Waals surface area contributed by atoms with Crippen LogP contribution >= 0.6 is 11.3 Å². The Morgan fingerprint density at radius 2 is 2.21 bits per heavy atom. The average molecular weight is 223 g/mol. The molecule has 0 aliphatic heterocycles. The summed E-state index contributed by atoms with van der Waals surface area (Å²) < 4.78 is 26.1. The molecule has 0 bridgehead atoms. The van der Waals surface area contributed by atoms with Crippen LogP contribution < -0.4 is 0 Å². The van der Waals surface area contributed by atoms with E-state index in [2.05, 4.69) is 0 Å². The van der Waals surface area contributed by atoms with Crippen molar-refractivity contribution in [3.05, 3.63) is 27.1 Å². The zero-order valence-electron chi connectivity index (χ0n) is 6.94. The van der Waals surface area contributed by atoms with Gasteiger partial charge in [-0.1, -0.05) is 11.3 Å². The normalized spacial score (nSPS) is 11.6. The molecule has 0 atom stereocenters. The third-order valence-electron chi connectivity index (χ3n) is 1.56. The largest absolute Gasteiger partial charge is 0.396 e. The molecule has 0 unspecified atom stereocenters. The van der Waals surface area contributed by atoms with E-state index in [1.807, 2.05) is 0 Å². The van der Waals surface area contributed by atoms with Gasteiger partial charge in [-0.25, -0.2) is 8.78 Å². The van der Waals surface area contributed by atoms with Crippen LogP contribution in [0.5, 0.6) is 0 Å². The predicted molar refractivity (Wildman–Crippen MR) is 46.6 cm³/mol. The first kappa shape index (κ1) is 11.0. The lowest BCUT2D eigenvalue weighted by Gasteiger charge is -2.11. The summed E-state index contributed by atoms with van der Waals surface area (Å²) in [6.45, 7) is -0.654. The highest BCUT2D eigenvalue weighted by molar-refractivity contribution is 7.15. The molecule has 4 nitrogen and oxygen atoms in total. The summed E-state index contributed by atoms with van der Waals surface area (Å²) in [4.78, 5) is 9.11. The Balaban J connectivity index is 2.90. The van der Waals surface area contributed by atoms with Crippen LogP contribution in [0.25, 0.3) is 0 Å². The predicted octanol–water partition coefficient (Wildman–Crippen LogP) is 2.13. The molecular weight excluding hydrogens is 216 g/mol. The summed E-state index contributed by atoms with van der Waals surface area (Å²) in [5, 5.41) is 18.3. The number of hydrogen-bond acceptors (Lipinski definition) is 4. The van der Waals surface area contributed by atoms with Crippen LogP contribution in [0, 0.1) is 10.1 Å². The van der Waals surface area contributed by atoms with E-state index in [4.69, 9.17) is 5.11 Å². The first-order valence-corrected chi connectivity index (χ1v) is 4.52. The number of nitro groups is 1. The third kappa shape index (κ3) is 2.24. The van der Waals surface area contributed by atoms with Crippen LogP contribution in [-0.4, -0.2) is 16.6 Å². The van der Waals surface area contributed by atoms with E-state index in [1.165, 1.54) is 0 Å². The Kier molecular flexibility index (Phi) is 3.12. The van der Waals surface area contributed by atoms with Crippen molar-refractivity contribution in [2.24, 2.45) is 0 Å². The van der Waals surface area contributed by atoms with Gasteiger partial charge in [0.25, 0.3) is 5.92 Å². The average Bonchev–Trinajstić information content (AvgIpc) is 2.51. The topological polar surface area (TPSA) is 63.4 Å². The second-order valence-electron chi connectivity index (χ2n) is 2.57. The standard InChI is InChI=1S/C7H7F2NO3S/c8-7(9,3-4-11)5-1-2-6(14-5)10(12)13/h1-2,11H,3-4H2. The van der Waals surface area contributed by atoms with Gasteiger partial charge in [0, 0.05) is 19.1 Å². The molecule has 0 aromatic carbocycles. The molecule has 14 heavy (non-hydrogen) atoms. The van der Waals surface area contributed by atoms with Crippen molar-refractivity contribution in [2.45, 2.75) is 12.3 Å². The van der Waals surface area contributed by atoms with Crippen molar-refractivity contribution < 1.29 is 18.8 Å². The second-order valence-corrected chi connectivity index (χ2v) is 3.64. The highest BCUT2D eigenvalue weighted by atomic mass is 32.1. The van der Waals surface area contributed by atoms with Gasteiger partial charge in [0.15, 0.2) is 0 Å². The number of hydrogen-bond donors (Lipinski definition) is 1. The van der Waals surface area contributed by atoms with E-state index in [-0.39, 0.29) is 5.00 Å². The summed E-state index contributed by atoms with van der Waals surface area (Å²) >= 11 is 0.428. The van der Waals surface area contributed by atoms with Gasteiger partial charge in [-0.2, -0.15) is 0 Å². The molecule has 1 heterocycles. The molecule has 0 saturated heterocycles. The van der Waals surface area contributed by atoms with Gasteiger partial charge in [0.1, 0.15) is 0 Å². The molecule has 78 valence electrons. The molecule has 0 amide bonds. The first-order chi connectivity index (χ1) is 6.47. The lowest BCUT2D eigenvalue weighted by atomic mass is 10.2. The van der Waals surface area contributed by atoms with Gasteiger partial charge in [0.2, 0.25) is 0 Å². The quantitative estimate of drug-likeness (QED) is 0.628. The summed E-state index contributed by atoms with van der Waals surface area (Å²) in [6.07, 6.45) is -0.718. The Labute approximate surface area is 81.9 Å². The third-order valence-corrected chi connectivity index (χ3v) is 2.71. The molecule has 7 heteroatoms. The van der Waals surface area contributed by atoms with E-state index < -0.39 is 28.8 Å². The maximum Gasteiger partial charge on any atom is 0.324 e. The molecule has 0 saturated carbocycles. The van der Waals surface area contributed by atoms with Gasteiger partial charge < -0.3 is 5.11 Å². The minimum atomic E-state index is -3.19. The summed E-state index contributed by atoms with van der Waals surface area (Å²) in [5.41, 5.74) is 0. The van der Waals surface area contributed by atoms with Crippen LogP contribution in [0.3, 0.4) is 0 Å². The fourth-order valence-electron chi connectivity index (χ4n) is 0.886. The summed E-state index contributed by atoms with van der Waals surface area (Å²) in [5.74, 6) is -3.19. The number of aliphatic hydroxyl groups excluding tert-OH is 1.